The molecule has 5 heterocycles. The maximum atomic E-state index is 12.5. The van der Waals surface area contributed by atoms with Crippen molar-refractivity contribution in [3.05, 3.63) is 51.1 Å². The predicted molar refractivity (Wildman–Crippen MR) is 555 cm³/mol. The van der Waals surface area contributed by atoms with E-state index in [2.05, 4.69) is 303 Å². The van der Waals surface area contributed by atoms with Crippen LogP contribution in [0.4, 0.5) is 5.95 Å². The first kappa shape index (κ1) is 115. The number of aromatic nitrogens is 3. The third-order valence-electron chi connectivity index (χ3n) is 25.8. The van der Waals surface area contributed by atoms with Gasteiger partial charge in [0.2, 0.25) is 12.2 Å². The normalized spacial score (nSPS) is 22.7. The van der Waals surface area contributed by atoms with Crippen molar-refractivity contribution in [1.82, 2.24) is 40.1 Å². The SMILES string of the molecule is CC1(C)CC(O[P+](=O)OCC(CBr)(CBr)CBr)CC(C)(C)N1OC1CCCCC1.CC1(C)CC(O[P+](=O)OCCCl)CC(C)(C)N1OC1CCCCC1.CCCCN(C[P+](=O)OCC)C1CC(C)(C)N(OC2CCCCC2)C(C)(C)C1.CCCCN(c1nc(Oc2c(Br)cc(Br)cc2Br)nc(Oc2c(Br)cc(Br)cc2Br)n1)C1CC(C)(C)N(OC2CCCCC2)C(C)(C)C1. The number of anilines is 1. The summed E-state index contributed by atoms with van der Waals surface area (Å²) in [5.41, 5.74) is -1.47. The lowest BCUT2D eigenvalue weighted by Gasteiger charge is -2.56. The molecule has 2 aromatic carbocycles. The standard InChI is InChI=1S/C34H41Br6N5O3.C22H44N2O3P.C20H36Br3NO4P.C17H32ClNO4P/c1-6-7-13-44(22-18-33(2,3)45(34(4,5)19-22)48-23-11-9-8-10-12-23)30-41-31(46-28-24(37)14-20(35)15-25(28)38)43-32(42-30)47-29-26(39)16-21(36)17-27(29)40;1-7-9-15-23(18-28(25)26-8-2)19-16-21(3,4)24(22(5,6)17-19)27-20-13-11-10-12-14-20;1-18(2)10-17(28-29(25)26-15-20(12-21,13-22)14-23)11-19(3,4)24(18)27-16-8-6-5-7-9-16;1-16(2)12-15(23-24(20)21-11-10-18)13-17(3,4)19(16)22-14-8-6-5-7-9-14/h14-17,22-23H,6-13,18-19H2,1-5H3;19-20H,7-18H2,1-6H3;16-17H,5-15H2,1-4H3;14-15H,5-13H2,1-4H3/q;3*+1. The molecule has 4 aliphatic carbocycles. The van der Waals surface area contributed by atoms with E-state index in [0.29, 0.717) is 67.2 Å². The van der Waals surface area contributed by atoms with Crippen LogP contribution in [0.25, 0.3) is 0 Å². The molecule has 8 fully saturated rings. The van der Waals surface area contributed by atoms with Gasteiger partial charge in [-0.3, -0.25) is 24.3 Å². The fourth-order valence-electron chi connectivity index (χ4n) is 20.5. The number of ether oxygens (including phenoxy) is 2. The minimum absolute atomic E-state index is 0.0500. The molecule has 23 nitrogen and oxygen atoms in total. The Morgan fingerprint density at radius 1 is 0.419 bits per heavy atom. The molecule has 129 heavy (non-hydrogen) atoms. The van der Waals surface area contributed by atoms with E-state index < -0.39 is 24.5 Å². The van der Waals surface area contributed by atoms with Crippen LogP contribution >= 0.6 is 180 Å². The van der Waals surface area contributed by atoms with Gasteiger partial charge in [0.25, 0.3) is 0 Å². The van der Waals surface area contributed by atoms with E-state index >= 15 is 0 Å². The van der Waals surface area contributed by atoms with Crippen molar-refractivity contribution in [2.24, 2.45) is 5.41 Å². The number of hydroxylamine groups is 8. The molecule has 3 atom stereocenters. The van der Waals surface area contributed by atoms with E-state index in [0.717, 1.165) is 171 Å². The second kappa shape index (κ2) is 53.5. The first-order valence-corrected chi connectivity index (χ1v) is 59.5. The van der Waals surface area contributed by atoms with Gasteiger partial charge in [0.15, 0.2) is 11.5 Å². The molecule has 3 unspecified atom stereocenters. The second-order valence-electron chi connectivity index (χ2n) is 41.6. The Labute approximate surface area is 858 Å². The molecule has 0 radical (unpaired) electrons. The van der Waals surface area contributed by atoms with Crippen LogP contribution in [0.3, 0.4) is 0 Å². The van der Waals surface area contributed by atoms with Gasteiger partial charge in [-0.05, 0) is 326 Å². The number of rotatable bonds is 38. The number of hydrogen-bond acceptors (Lipinski definition) is 23. The Hall–Kier alpha value is 1.20. The van der Waals surface area contributed by atoms with Crippen LogP contribution in [0.2, 0.25) is 0 Å². The van der Waals surface area contributed by atoms with Gasteiger partial charge in [-0.1, -0.05) is 183 Å². The third-order valence-corrected chi connectivity index (χ3v) is 35.6. The molecule has 11 rings (SSSR count). The molecule has 4 saturated carbocycles. The zero-order chi connectivity index (χ0) is 95.1. The van der Waals surface area contributed by atoms with Crippen molar-refractivity contribution in [1.29, 1.82) is 0 Å². The topological polar surface area (TPSA) is 211 Å². The Bertz CT molecular complexity index is 3780. The Kier molecular flexibility index (Phi) is 47.9. The van der Waals surface area contributed by atoms with Crippen molar-refractivity contribution < 1.29 is 65.1 Å². The molecule has 0 bridgehead atoms. The van der Waals surface area contributed by atoms with Crippen LogP contribution in [0, 0.1) is 5.41 Å². The maximum Gasteiger partial charge on any atom is 0.697 e. The number of piperidine rings is 4. The summed E-state index contributed by atoms with van der Waals surface area (Å²) in [6.45, 7) is 45.1. The number of unbranched alkanes of at least 4 members (excludes halogenated alkanes) is 2. The predicted octanol–water partition coefficient (Wildman–Crippen LogP) is 31.4. The van der Waals surface area contributed by atoms with Gasteiger partial charge in [-0.15, -0.1) is 39.2 Å². The fourth-order valence-corrected chi connectivity index (χ4v) is 31.3. The Morgan fingerprint density at radius 2 is 0.729 bits per heavy atom. The zero-order valence-corrected chi connectivity index (χ0v) is 98.2. The number of hydrogen-bond donors (Lipinski definition) is 0. The number of halogens is 10. The summed E-state index contributed by atoms with van der Waals surface area (Å²) in [4.78, 5) is 45.7. The lowest BCUT2D eigenvalue weighted by molar-refractivity contribution is -0.316. The highest BCUT2D eigenvalue weighted by Crippen LogP contribution is 2.51. The smallest absolute Gasteiger partial charge is 0.422 e. The minimum atomic E-state index is -2.17. The van der Waals surface area contributed by atoms with Crippen LogP contribution in [0.15, 0.2) is 51.1 Å². The Balaban J connectivity index is 0.000000222. The highest BCUT2D eigenvalue weighted by atomic mass is 79.9. The first-order chi connectivity index (χ1) is 60.7. The maximum absolute atomic E-state index is 12.5. The van der Waals surface area contributed by atoms with E-state index in [4.69, 9.17) is 73.0 Å². The first-order valence-electron chi connectivity index (χ1n) is 47.3. The zero-order valence-electron chi connectivity index (χ0n) is 80.5. The second-order valence-corrected chi connectivity index (χ2v) is 51.9. The quantitative estimate of drug-likeness (QED) is 0.0385. The largest absolute Gasteiger partial charge is 0.697 e. The molecule has 3 aromatic rings. The molecule has 0 spiro atoms. The summed E-state index contributed by atoms with van der Waals surface area (Å²) < 4.78 is 81.9. The van der Waals surface area contributed by atoms with Crippen molar-refractivity contribution in [2.45, 2.75) is 430 Å². The molecule has 736 valence electrons. The van der Waals surface area contributed by atoms with Gasteiger partial charge >= 0.3 is 36.6 Å². The van der Waals surface area contributed by atoms with Gasteiger partial charge in [0.05, 0.1) is 54.8 Å². The number of benzene rings is 2. The van der Waals surface area contributed by atoms with Crippen LogP contribution in [0.1, 0.15) is 337 Å². The van der Waals surface area contributed by atoms with Crippen LogP contribution in [-0.2, 0) is 55.7 Å². The van der Waals surface area contributed by atoms with E-state index in [1.54, 1.807) is 0 Å². The van der Waals surface area contributed by atoms with Crippen molar-refractivity contribution in [2.75, 3.05) is 66.0 Å². The van der Waals surface area contributed by atoms with E-state index in [1.807, 2.05) is 31.2 Å². The fraction of sp³-hybridized carbons (Fsp3) is 0.839. The summed E-state index contributed by atoms with van der Waals surface area (Å²) in [6, 6.07) is 8.44. The van der Waals surface area contributed by atoms with E-state index in [9.17, 15) is 13.7 Å². The van der Waals surface area contributed by atoms with Crippen LogP contribution < -0.4 is 14.4 Å². The molecule has 1 aromatic heterocycles. The summed E-state index contributed by atoms with van der Waals surface area (Å²) in [5, 5.41) is 11.2. The molecule has 36 heteroatoms. The average Bonchev–Trinajstić information content (AvgIpc) is 1.14. The third kappa shape index (κ3) is 35.3. The van der Waals surface area contributed by atoms with Gasteiger partial charge < -0.3 is 14.4 Å². The summed E-state index contributed by atoms with van der Waals surface area (Å²) in [6.07, 6.45) is 37.2. The summed E-state index contributed by atoms with van der Waals surface area (Å²) in [5.74, 6) is 1.91. The van der Waals surface area contributed by atoms with Crippen LogP contribution in [0.5, 0.6) is 23.5 Å². The molecular formula is C93H153Br9ClN9O14P3+3. The molecule has 4 aliphatic heterocycles. The summed E-state index contributed by atoms with van der Waals surface area (Å²) >= 11 is 37.7. The monoisotopic (exact) mass is 2460 g/mol. The highest BCUT2D eigenvalue weighted by Gasteiger charge is 2.55. The van der Waals surface area contributed by atoms with Crippen molar-refractivity contribution >= 4 is 185 Å². The van der Waals surface area contributed by atoms with E-state index in [1.165, 1.54) is 89.9 Å². The molecular weight excluding hydrogens is 2310 g/mol. The lowest BCUT2D eigenvalue weighted by atomic mass is 9.78. The number of alkyl halides is 4. The van der Waals surface area contributed by atoms with Crippen molar-refractivity contribution in [3.63, 3.8) is 0 Å². The molecule has 4 saturated heterocycles. The van der Waals surface area contributed by atoms with E-state index in [-0.39, 0.29) is 92.7 Å². The minimum Gasteiger partial charge on any atom is -0.422 e. The highest BCUT2D eigenvalue weighted by molar-refractivity contribution is 9.12. The number of nitrogens with zero attached hydrogens (tertiary/aromatic N) is 9. The van der Waals surface area contributed by atoms with Crippen LogP contribution in [-0.4, -0.2) is 194 Å². The van der Waals surface area contributed by atoms with Gasteiger partial charge in [-0.2, -0.15) is 30.2 Å². The summed E-state index contributed by atoms with van der Waals surface area (Å²) in [7, 11) is -5.90. The van der Waals surface area contributed by atoms with Crippen molar-refractivity contribution in [3.8, 4) is 23.5 Å². The Morgan fingerprint density at radius 3 is 1.04 bits per heavy atom. The van der Waals surface area contributed by atoms with Gasteiger partial charge in [0.1, 0.15) is 25.4 Å². The molecule has 0 amide bonds. The van der Waals surface area contributed by atoms with Gasteiger partial charge in [0, 0.05) is 109 Å². The molecule has 0 N–H and O–H groups in total. The average molecular weight is 2470 g/mol. The molecule has 8 aliphatic rings. The van der Waals surface area contributed by atoms with Gasteiger partial charge in [-0.25, -0.2) is 0 Å². The lowest BCUT2D eigenvalue weighted by Crippen LogP contribution is -2.65.